The lowest BCUT2D eigenvalue weighted by molar-refractivity contribution is 0.0289. The monoisotopic (exact) mass is 563 g/mol. The van der Waals surface area contributed by atoms with Crippen molar-refractivity contribution in [3.05, 3.63) is 75.8 Å². The molecule has 0 N–H and O–H groups in total. The average Bonchev–Trinajstić information content (AvgIpc) is 3.46. The van der Waals surface area contributed by atoms with Crippen molar-refractivity contribution in [3.63, 3.8) is 0 Å². The van der Waals surface area contributed by atoms with Crippen molar-refractivity contribution in [1.29, 1.82) is 0 Å². The van der Waals surface area contributed by atoms with Crippen LogP contribution >= 0.6 is 35.0 Å². The summed E-state index contributed by atoms with van der Waals surface area (Å²) in [5.41, 5.74) is 1.79. The molecule has 0 radical (unpaired) electrons. The Morgan fingerprint density at radius 2 is 1.81 bits per heavy atom. The number of ether oxygens (including phenoxy) is 1. The molecule has 198 valence electrons. The molecule has 0 bridgehead atoms. The number of nitrogens with zero attached hydrogens (tertiary/aromatic N) is 3. The highest BCUT2D eigenvalue weighted by Gasteiger charge is 2.32. The zero-order valence-electron chi connectivity index (χ0n) is 21.7. The molecule has 1 aliphatic rings. The molecule has 1 amide bonds. The summed E-state index contributed by atoms with van der Waals surface area (Å²) in [5.74, 6) is 0.823. The van der Waals surface area contributed by atoms with Crippen LogP contribution in [0.25, 0.3) is 5.69 Å². The Kier molecular flexibility index (Phi) is 8.17. The number of likely N-dealkylation sites (tertiary alicyclic amines) is 1. The summed E-state index contributed by atoms with van der Waals surface area (Å²) in [7, 11) is 0. The number of hydrogen-bond donors (Lipinski definition) is 0. The van der Waals surface area contributed by atoms with Crippen LogP contribution in [0.5, 0.6) is 0 Å². The van der Waals surface area contributed by atoms with Gasteiger partial charge in [-0.15, -0.1) is 0 Å². The second-order valence-electron chi connectivity index (χ2n) is 10.9. The van der Waals surface area contributed by atoms with E-state index in [1.165, 1.54) is 12.1 Å². The van der Waals surface area contributed by atoms with Crippen LogP contribution in [0.3, 0.4) is 0 Å². The molecule has 1 aromatic heterocycles. The van der Waals surface area contributed by atoms with Gasteiger partial charge in [0.25, 0.3) is 0 Å². The highest BCUT2D eigenvalue weighted by Crippen LogP contribution is 2.38. The van der Waals surface area contributed by atoms with Crippen LogP contribution in [0.1, 0.15) is 52.3 Å². The Morgan fingerprint density at radius 3 is 2.46 bits per heavy atom. The molecular weight excluding hydrogens is 532 g/mol. The van der Waals surface area contributed by atoms with E-state index in [2.05, 4.69) is 18.4 Å². The molecule has 5 nitrogen and oxygen atoms in total. The lowest BCUT2D eigenvalue weighted by Gasteiger charge is -2.28. The molecular formula is C28H32Cl2FN3O2S. The Hall–Kier alpha value is -2.22. The van der Waals surface area contributed by atoms with Gasteiger partial charge in [0, 0.05) is 29.9 Å². The number of hydrogen-bond acceptors (Lipinski definition) is 4. The van der Waals surface area contributed by atoms with E-state index in [-0.39, 0.29) is 11.9 Å². The van der Waals surface area contributed by atoms with Crippen LogP contribution in [0, 0.1) is 11.7 Å². The summed E-state index contributed by atoms with van der Waals surface area (Å²) in [5, 5.41) is 1.80. The third kappa shape index (κ3) is 6.44. The Labute approximate surface area is 232 Å². The van der Waals surface area contributed by atoms with Crippen LogP contribution in [-0.4, -0.2) is 45.0 Å². The predicted molar refractivity (Wildman–Crippen MR) is 149 cm³/mol. The molecule has 1 fully saturated rings. The molecule has 37 heavy (non-hydrogen) atoms. The molecule has 1 atom stereocenters. The number of rotatable bonds is 6. The van der Waals surface area contributed by atoms with E-state index in [4.69, 9.17) is 32.9 Å². The maximum atomic E-state index is 13.8. The van der Waals surface area contributed by atoms with Crippen molar-refractivity contribution in [2.24, 2.45) is 5.92 Å². The molecule has 1 saturated heterocycles. The first-order valence-electron chi connectivity index (χ1n) is 12.3. The topological polar surface area (TPSA) is 47.4 Å². The van der Waals surface area contributed by atoms with Crippen LogP contribution in [-0.2, 0) is 10.2 Å². The fourth-order valence-corrected chi connectivity index (χ4v) is 5.82. The van der Waals surface area contributed by atoms with Crippen molar-refractivity contribution in [2.45, 2.75) is 57.2 Å². The average molecular weight is 565 g/mol. The van der Waals surface area contributed by atoms with E-state index in [9.17, 15) is 9.18 Å². The number of imidazole rings is 1. The van der Waals surface area contributed by atoms with Gasteiger partial charge < -0.3 is 9.64 Å². The molecule has 0 aliphatic carbocycles. The first-order chi connectivity index (χ1) is 17.3. The SMILES string of the molecule is CC(C)(C)OC(=O)N1CCC(CSc2ncc(C(C)(C)c3ccc(Cl)c(Cl)c3)n2-c2ccc(F)cc2)C1. The maximum absolute atomic E-state index is 13.8. The summed E-state index contributed by atoms with van der Waals surface area (Å²) < 4.78 is 21.4. The number of carbonyl (C=O) groups is 1. The van der Waals surface area contributed by atoms with Crippen LogP contribution < -0.4 is 0 Å². The molecule has 3 aromatic rings. The highest BCUT2D eigenvalue weighted by molar-refractivity contribution is 7.99. The van der Waals surface area contributed by atoms with E-state index in [1.54, 1.807) is 34.9 Å². The molecule has 9 heteroatoms. The third-order valence-electron chi connectivity index (χ3n) is 6.48. The maximum Gasteiger partial charge on any atom is 0.410 e. The summed E-state index contributed by atoms with van der Waals surface area (Å²) in [6.45, 7) is 11.2. The van der Waals surface area contributed by atoms with Gasteiger partial charge in [-0.3, -0.25) is 4.57 Å². The van der Waals surface area contributed by atoms with Crippen molar-refractivity contribution >= 4 is 41.1 Å². The van der Waals surface area contributed by atoms with E-state index >= 15 is 0 Å². The van der Waals surface area contributed by atoms with E-state index < -0.39 is 11.0 Å². The van der Waals surface area contributed by atoms with Gasteiger partial charge >= 0.3 is 6.09 Å². The highest BCUT2D eigenvalue weighted by atomic mass is 35.5. The Morgan fingerprint density at radius 1 is 1.11 bits per heavy atom. The fraction of sp³-hybridized carbons (Fsp3) is 0.429. The number of carbonyl (C=O) groups excluding carboxylic acids is 1. The lowest BCUT2D eigenvalue weighted by Crippen LogP contribution is -2.35. The predicted octanol–water partition coefficient (Wildman–Crippen LogP) is 7.99. The molecule has 2 aromatic carbocycles. The van der Waals surface area contributed by atoms with Gasteiger partial charge in [-0.25, -0.2) is 14.2 Å². The second-order valence-corrected chi connectivity index (χ2v) is 12.7. The molecule has 0 spiro atoms. The molecule has 2 heterocycles. The minimum atomic E-state index is -0.513. The summed E-state index contributed by atoms with van der Waals surface area (Å²) in [6, 6.07) is 12.1. The summed E-state index contributed by atoms with van der Waals surface area (Å²) >= 11 is 14.1. The number of aromatic nitrogens is 2. The Bertz CT molecular complexity index is 1270. The number of benzene rings is 2. The van der Waals surface area contributed by atoms with Gasteiger partial charge in [0.2, 0.25) is 0 Å². The van der Waals surface area contributed by atoms with E-state index in [1.807, 2.05) is 39.1 Å². The van der Waals surface area contributed by atoms with E-state index in [0.717, 1.165) is 34.3 Å². The standard InChI is InChI=1S/C28H32Cl2FN3O2S/c1-27(2,3)36-26(35)33-13-12-18(16-33)17-37-25-32-15-24(34(25)21-9-7-20(31)8-10-21)28(4,5)19-6-11-22(29)23(30)14-19/h6-11,14-15,18H,12-13,16-17H2,1-5H3. The largest absolute Gasteiger partial charge is 0.444 e. The molecule has 4 rings (SSSR count). The summed E-state index contributed by atoms with van der Waals surface area (Å²) in [6.07, 6.45) is 2.51. The molecule has 1 aliphatic heterocycles. The van der Waals surface area contributed by atoms with Crippen molar-refractivity contribution in [1.82, 2.24) is 14.5 Å². The minimum Gasteiger partial charge on any atom is -0.444 e. The number of halogens is 3. The smallest absolute Gasteiger partial charge is 0.410 e. The third-order valence-corrected chi connectivity index (χ3v) is 8.40. The molecule has 0 saturated carbocycles. The van der Waals surface area contributed by atoms with Gasteiger partial charge in [-0.1, -0.05) is 54.9 Å². The number of thioether (sulfide) groups is 1. The lowest BCUT2D eigenvalue weighted by atomic mass is 9.81. The van der Waals surface area contributed by atoms with Gasteiger partial charge in [-0.2, -0.15) is 0 Å². The van der Waals surface area contributed by atoms with Crippen LogP contribution in [0.2, 0.25) is 10.0 Å². The van der Waals surface area contributed by atoms with Gasteiger partial charge in [0.15, 0.2) is 5.16 Å². The van der Waals surface area contributed by atoms with Crippen molar-refractivity contribution < 1.29 is 13.9 Å². The number of amides is 1. The first-order valence-corrected chi connectivity index (χ1v) is 14.0. The fourth-order valence-electron chi connectivity index (χ4n) is 4.40. The van der Waals surface area contributed by atoms with Crippen molar-refractivity contribution in [2.75, 3.05) is 18.8 Å². The van der Waals surface area contributed by atoms with Crippen molar-refractivity contribution in [3.8, 4) is 5.69 Å². The quantitative estimate of drug-likeness (QED) is 0.285. The van der Waals surface area contributed by atoms with Crippen LogP contribution in [0.15, 0.2) is 53.8 Å². The van der Waals surface area contributed by atoms with E-state index in [0.29, 0.717) is 29.1 Å². The van der Waals surface area contributed by atoms with Crippen LogP contribution in [0.4, 0.5) is 9.18 Å². The zero-order valence-corrected chi connectivity index (χ0v) is 24.1. The first kappa shape index (κ1) is 27.8. The van der Waals surface area contributed by atoms with Gasteiger partial charge in [0.05, 0.1) is 21.9 Å². The molecule has 1 unspecified atom stereocenters. The summed E-state index contributed by atoms with van der Waals surface area (Å²) in [4.78, 5) is 19.0. The second kappa shape index (κ2) is 10.9. The van der Waals surface area contributed by atoms with Gasteiger partial charge in [-0.05, 0) is 75.1 Å². The minimum absolute atomic E-state index is 0.265. The zero-order chi connectivity index (χ0) is 27.0. The normalized spacial score (nSPS) is 16.3. The van der Waals surface area contributed by atoms with Gasteiger partial charge in [0.1, 0.15) is 11.4 Å². The Balaban J connectivity index is 1.59.